The minimum absolute atomic E-state index is 0.0958. The van der Waals surface area contributed by atoms with Gasteiger partial charge in [-0.25, -0.2) is 0 Å². The van der Waals surface area contributed by atoms with E-state index in [1.807, 2.05) is 20.9 Å². The maximum atomic E-state index is 11.3. The summed E-state index contributed by atoms with van der Waals surface area (Å²) in [5.41, 5.74) is 5.02. The summed E-state index contributed by atoms with van der Waals surface area (Å²) in [6.07, 6.45) is 3.56. The van der Waals surface area contributed by atoms with Gasteiger partial charge in [0.15, 0.2) is 0 Å². The summed E-state index contributed by atoms with van der Waals surface area (Å²) in [7, 11) is 2.04. The first-order valence-corrected chi connectivity index (χ1v) is 7.18. The van der Waals surface area contributed by atoms with Gasteiger partial charge >= 0.3 is 5.97 Å². The van der Waals surface area contributed by atoms with Gasteiger partial charge in [-0.2, -0.15) is 0 Å². The van der Waals surface area contributed by atoms with Crippen LogP contribution in [0.1, 0.15) is 39.5 Å². The van der Waals surface area contributed by atoms with E-state index in [-0.39, 0.29) is 12.0 Å². The van der Waals surface area contributed by atoms with Crippen LogP contribution in [0.3, 0.4) is 0 Å². The number of carboxylic acid groups (broad SMARTS) is 1. The van der Waals surface area contributed by atoms with Gasteiger partial charge in [0.05, 0.1) is 12.7 Å². The van der Waals surface area contributed by atoms with E-state index in [1.54, 1.807) is 0 Å². The number of hydrogen-bond donors (Lipinski definition) is 2. The van der Waals surface area contributed by atoms with Crippen molar-refractivity contribution < 1.29 is 14.6 Å². The highest BCUT2D eigenvalue weighted by molar-refractivity contribution is 5.79. The molecule has 5 heteroatoms. The monoisotopic (exact) mass is 272 g/mol. The average Bonchev–Trinajstić information content (AvgIpc) is 2.69. The van der Waals surface area contributed by atoms with Crippen molar-refractivity contribution in [1.82, 2.24) is 4.90 Å². The van der Waals surface area contributed by atoms with Gasteiger partial charge in [-0.05, 0) is 52.6 Å². The molecule has 19 heavy (non-hydrogen) atoms. The lowest BCUT2D eigenvalue weighted by atomic mass is 9.85. The molecule has 0 aromatic rings. The highest BCUT2D eigenvalue weighted by Gasteiger charge is 2.45. The highest BCUT2D eigenvalue weighted by atomic mass is 16.5. The topological polar surface area (TPSA) is 75.8 Å². The Morgan fingerprint density at radius 1 is 1.53 bits per heavy atom. The molecule has 5 nitrogen and oxygen atoms in total. The molecule has 0 spiro atoms. The van der Waals surface area contributed by atoms with Crippen molar-refractivity contribution in [2.75, 3.05) is 26.7 Å². The van der Waals surface area contributed by atoms with Crippen LogP contribution in [0, 0.1) is 5.92 Å². The Labute approximate surface area is 116 Å². The highest BCUT2D eigenvalue weighted by Crippen LogP contribution is 2.36. The molecule has 0 saturated heterocycles. The van der Waals surface area contributed by atoms with E-state index >= 15 is 0 Å². The summed E-state index contributed by atoms with van der Waals surface area (Å²) in [6, 6.07) is 0. The lowest BCUT2D eigenvalue weighted by molar-refractivity contribution is -0.144. The molecular formula is C14H28N2O3. The molecule has 0 aromatic carbocycles. The molecule has 2 atom stereocenters. The van der Waals surface area contributed by atoms with Gasteiger partial charge in [0, 0.05) is 6.54 Å². The Balaban J connectivity index is 2.29. The zero-order valence-electron chi connectivity index (χ0n) is 12.4. The van der Waals surface area contributed by atoms with Gasteiger partial charge in [0.25, 0.3) is 0 Å². The van der Waals surface area contributed by atoms with Gasteiger partial charge in [0.1, 0.15) is 5.54 Å². The molecule has 0 aromatic heterocycles. The van der Waals surface area contributed by atoms with Crippen LogP contribution in [0.25, 0.3) is 0 Å². The van der Waals surface area contributed by atoms with Crippen LogP contribution in [0.4, 0.5) is 0 Å². The van der Waals surface area contributed by atoms with Crippen LogP contribution in [0.2, 0.25) is 0 Å². The summed E-state index contributed by atoms with van der Waals surface area (Å²) in [6.45, 7) is 6.50. The van der Waals surface area contributed by atoms with Crippen LogP contribution in [0.15, 0.2) is 0 Å². The van der Waals surface area contributed by atoms with Crippen LogP contribution < -0.4 is 5.73 Å². The predicted octanol–water partition coefficient (Wildman–Crippen LogP) is 1.32. The first kappa shape index (κ1) is 16.4. The predicted molar refractivity (Wildman–Crippen MR) is 75.1 cm³/mol. The fraction of sp³-hybridized carbons (Fsp3) is 0.929. The molecule has 1 fully saturated rings. The standard InChI is InChI=1S/C14H28N2O3/c1-11(2)19-10-9-16(3)8-6-12-5-4-7-14(12,15)13(17)18/h11-12H,4-10,15H2,1-3H3,(H,17,18). The van der Waals surface area contributed by atoms with Crippen LogP contribution >= 0.6 is 0 Å². The normalized spacial score (nSPS) is 27.4. The second-order valence-electron chi connectivity index (χ2n) is 5.95. The molecule has 0 radical (unpaired) electrons. The Morgan fingerprint density at radius 2 is 2.21 bits per heavy atom. The third-order valence-electron chi connectivity index (χ3n) is 4.05. The SMILES string of the molecule is CC(C)OCCN(C)CCC1CCCC1(N)C(=O)O. The smallest absolute Gasteiger partial charge is 0.323 e. The fourth-order valence-electron chi connectivity index (χ4n) is 2.72. The molecule has 112 valence electrons. The van der Waals surface area contributed by atoms with Gasteiger partial charge in [-0.15, -0.1) is 0 Å². The summed E-state index contributed by atoms with van der Waals surface area (Å²) >= 11 is 0. The van der Waals surface area contributed by atoms with Crippen molar-refractivity contribution in [3.8, 4) is 0 Å². The molecule has 3 N–H and O–H groups in total. The van der Waals surface area contributed by atoms with E-state index in [4.69, 9.17) is 10.5 Å². The van der Waals surface area contributed by atoms with Crippen molar-refractivity contribution in [2.45, 2.75) is 51.2 Å². The minimum Gasteiger partial charge on any atom is -0.480 e. The average molecular weight is 272 g/mol. The second-order valence-corrected chi connectivity index (χ2v) is 5.95. The van der Waals surface area contributed by atoms with Crippen molar-refractivity contribution >= 4 is 5.97 Å². The van der Waals surface area contributed by atoms with E-state index in [1.165, 1.54) is 0 Å². The van der Waals surface area contributed by atoms with Crippen molar-refractivity contribution in [1.29, 1.82) is 0 Å². The molecule has 0 aliphatic heterocycles. The number of carboxylic acids is 1. The molecule has 1 aliphatic rings. The Bertz CT molecular complexity index is 296. The van der Waals surface area contributed by atoms with E-state index in [9.17, 15) is 9.90 Å². The van der Waals surface area contributed by atoms with E-state index in [2.05, 4.69) is 4.90 Å². The Kier molecular flexibility index (Phi) is 6.23. The minimum atomic E-state index is -1.00. The molecule has 1 rings (SSSR count). The third kappa shape index (κ3) is 4.75. The first-order chi connectivity index (χ1) is 8.86. The lowest BCUT2D eigenvalue weighted by Gasteiger charge is -2.28. The van der Waals surface area contributed by atoms with Crippen LogP contribution in [-0.4, -0.2) is 54.4 Å². The summed E-state index contributed by atoms with van der Waals surface area (Å²) in [5.74, 6) is -0.751. The number of nitrogens with zero attached hydrogens (tertiary/aromatic N) is 1. The lowest BCUT2D eigenvalue weighted by Crippen LogP contribution is -2.51. The number of nitrogens with two attached hydrogens (primary N) is 1. The summed E-state index contributed by atoms with van der Waals surface area (Å²) in [4.78, 5) is 13.5. The van der Waals surface area contributed by atoms with Crippen molar-refractivity contribution in [2.24, 2.45) is 11.7 Å². The van der Waals surface area contributed by atoms with Gasteiger partial charge in [-0.3, -0.25) is 4.79 Å². The van der Waals surface area contributed by atoms with E-state index < -0.39 is 11.5 Å². The van der Waals surface area contributed by atoms with Gasteiger partial charge in [-0.1, -0.05) is 6.42 Å². The molecule has 2 unspecified atom stereocenters. The number of hydrogen-bond acceptors (Lipinski definition) is 4. The number of likely N-dealkylation sites (N-methyl/N-ethyl adjacent to an activating group) is 1. The van der Waals surface area contributed by atoms with Gasteiger partial charge in [0.2, 0.25) is 0 Å². The summed E-state index contributed by atoms with van der Waals surface area (Å²) in [5, 5.41) is 9.25. The first-order valence-electron chi connectivity index (χ1n) is 7.18. The maximum Gasteiger partial charge on any atom is 0.323 e. The second kappa shape index (κ2) is 7.22. The van der Waals surface area contributed by atoms with Crippen molar-refractivity contribution in [3.05, 3.63) is 0 Å². The molecular weight excluding hydrogens is 244 g/mol. The van der Waals surface area contributed by atoms with Crippen molar-refractivity contribution in [3.63, 3.8) is 0 Å². The maximum absolute atomic E-state index is 11.3. The van der Waals surface area contributed by atoms with E-state index in [0.29, 0.717) is 13.0 Å². The quantitative estimate of drug-likeness (QED) is 0.697. The Morgan fingerprint density at radius 3 is 2.79 bits per heavy atom. The zero-order valence-corrected chi connectivity index (χ0v) is 12.4. The fourth-order valence-corrected chi connectivity index (χ4v) is 2.72. The molecule has 0 heterocycles. The summed E-state index contributed by atoms with van der Waals surface area (Å²) < 4.78 is 5.50. The number of ether oxygens (including phenoxy) is 1. The van der Waals surface area contributed by atoms with Crippen LogP contribution in [-0.2, 0) is 9.53 Å². The molecule has 1 saturated carbocycles. The third-order valence-corrected chi connectivity index (χ3v) is 4.05. The van der Waals surface area contributed by atoms with Crippen LogP contribution in [0.5, 0.6) is 0 Å². The number of aliphatic carboxylic acids is 1. The number of carbonyl (C=O) groups is 1. The number of rotatable bonds is 8. The molecule has 1 aliphatic carbocycles. The largest absolute Gasteiger partial charge is 0.480 e. The van der Waals surface area contributed by atoms with E-state index in [0.717, 1.165) is 32.4 Å². The molecule has 0 bridgehead atoms. The zero-order chi connectivity index (χ0) is 14.5. The van der Waals surface area contributed by atoms with Gasteiger partial charge < -0.3 is 20.5 Å². The molecule has 0 amide bonds. The Hall–Kier alpha value is -0.650.